The van der Waals surface area contributed by atoms with E-state index in [1.54, 1.807) is 10.8 Å². The van der Waals surface area contributed by atoms with Gasteiger partial charge >= 0.3 is 6.03 Å². The number of benzene rings is 1. The first-order valence-corrected chi connectivity index (χ1v) is 7.82. The molecule has 0 bridgehead atoms. The lowest BCUT2D eigenvalue weighted by atomic mass is 10.3. The molecule has 0 saturated carbocycles. The van der Waals surface area contributed by atoms with Gasteiger partial charge in [0.05, 0.1) is 0 Å². The van der Waals surface area contributed by atoms with Crippen LogP contribution in [0.25, 0.3) is 5.65 Å². The molecular formula is C16H17N7O. The molecule has 1 fully saturated rings. The third-order valence-electron chi connectivity index (χ3n) is 4.06. The van der Waals surface area contributed by atoms with E-state index in [1.807, 2.05) is 47.4 Å². The summed E-state index contributed by atoms with van der Waals surface area (Å²) < 4.78 is 1.66. The number of aromatic nitrogens is 4. The molecule has 1 aromatic carbocycles. The van der Waals surface area contributed by atoms with Crippen molar-refractivity contribution >= 4 is 23.2 Å². The van der Waals surface area contributed by atoms with Gasteiger partial charge in [0, 0.05) is 31.9 Å². The minimum atomic E-state index is -0.0666. The summed E-state index contributed by atoms with van der Waals surface area (Å²) >= 11 is 0. The Balaban J connectivity index is 1.38. The van der Waals surface area contributed by atoms with Gasteiger partial charge in [-0.2, -0.15) is 4.52 Å². The van der Waals surface area contributed by atoms with Crippen molar-refractivity contribution in [1.29, 1.82) is 0 Å². The van der Waals surface area contributed by atoms with Gasteiger partial charge in [-0.15, -0.1) is 15.3 Å². The Kier molecular flexibility index (Phi) is 3.70. The van der Waals surface area contributed by atoms with E-state index in [0.717, 1.165) is 30.2 Å². The van der Waals surface area contributed by atoms with E-state index in [-0.39, 0.29) is 6.03 Å². The first-order chi connectivity index (χ1) is 11.8. The summed E-state index contributed by atoms with van der Waals surface area (Å²) in [6, 6.07) is 13.3. The van der Waals surface area contributed by atoms with Gasteiger partial charge in [-0.3, -0.25) is 0 Å². The zero-order valence-electron chi connectivity index (χ0n) is 13.0. The average Bonchev–Trinajstić information content (AvgIpc) is 3.10. The molecule has 0 radical (unpaired) electrons. The predicted octanol–water partition coefficient (Wildman–Crippen LogP) is 1.48. The molecule has 0 spiro atoms. The number of rotatable bonds is 2. The zero-order chi connectivity index (χ0) is 16.4. The molecule has 0 unspecified atom stereocenters. The van der Waals surface area contributed by atoms with Crippen LogP contribution >= 0.6 is 0 Å². The Hall–Kier alpha value is -3.16. The lowest BCUT2D eigenvalue weighted by Crippen LogP contribution is -2.50. The van der Waals surface area contributed by atoms with E-state index in [0.29, 0.717) is 13.1 Å². The minimum absolute atomic E-state index is 0.0666. The molecule has 1 saturated heterocycles. The maximum absolute atomic E-state index is 12.3. The average molecular weight is 323 g/mol. The van der Waals surface area contributed by atoms with Crippen LogP contribution in [0.3, 0.4) is 0 Å². The summed E-state index contributed by atoms with van der Waals surface area (Å²) in [4.78, 5) is 16.3. The Labute approximate surface area is 138 Å². The highest BCUT2D eigenvalue weighted by atomic mass is 16.2. The minimum Gasteiger partial charge on any atom is -0.352 e. The fraction of sp³-hybridized carbons (Fsp3) is 0.250. The molecule has 1 aliphatic heterocycles. The largest absolute Gasteiger partial charge is 0.352 e. The standard InChI is InChI=1S/C16H17N7O/c24-16(18-13-4-2-1-3-5-13)22-10-8-21(9-11-22)15-7-6-14-19-17-12-23(14)20-15/h1-7,12H,8-11H2,(H,18,24). The van der Waals surface area contributed by atoms with Gasteiger partial charge in [0.25, 0.3) is 0 Å². The van der Waals surface area contributed by atoms with E-state index in [9.17, 15) is 4.79 Å². The SMILES string of the molecule is O=C(Nc1ccccc1)N1CCN(c2ccc3nncn3n2)CC1. The molecule has 3 aromatic rings. The van der Waals surface area contributed by atoms with Crippen molar-refractivity contribution in [3.8, 4) is 0 Å². The maximum Gasteiger partial charge on any atom is 0.321 e. The molecule has 4 rings (SSSR count). The van der Waals surface area contributed by atoms with Gasteiger partial charge in [0.15, 0.2) is 5.65 Å². The lowest BCUT2D eigenvalue weighted by molar-refractivity contribution is 0.208. The first kappa shape index (κ1) is 14.4. The van der Waals surface area contributed by atoms with Gasteiger partial charge in [-0.25, -0.2) is 4.79 Å². The second-order valence-electron chi connectivity index (χ2n) is 5.60. The number of nitrogens with one attached hydrogen (secondary N) is 1. The topological polar surface area (TPSA) is 78.7 Å². The van der Waals surface area contributed by atoms with Crippen LogP contribution in [0.2, 0.25) is 0 Å². The summed E-state index contributed by atoms with van der Waals surface area (Å²) in [6.45, 7) is 2.78. The fourth-order valence-electron chi connectivity index (χ4n) is 2.75. The van der Waals surface area contributed by atoms with Crippen LogP contribution in [-0.2, 0) is 0 Å². The molecule has 2 amide bonds. The van der Waals surface area contributed by atoms with Gasteiger partial charge < -0.3 is 15.1 Å². The fourth-order valence-corrected chi connectivity index (χ4v) is 2.75. The van der Waals surface area contributed by atoms with Crippen molar-refractivity contribution in [2.75, 3.05) is 36.4 Å². The molecule has 1 N–H and O–H groups in total. The van der Waals surface area contributed by atoms with Crippen molar-refractivity contribution in [1.82, 2.24) is 24.7 Å². The Bertz CT molecular complexity index is 840. The second-order valence-corrected chi connectivity index (χ2v) is 5.60. The van der Waals surface area contributed by atoms with Crippen LogP contribution in [0.5, 0.6) is 0 Å². The summed E-state index contributed by atoms with van der Waals surface area (Å²) in [6.07, 6.45) is 1.59. The highest BCUT2D eigenvalue weighted by molar-refractivity contribution is 5.89. The second kappa shape index (κ2) is 6.15. The van der Waals surface area contributed by atoms with Crippen molar-refractivity contribution in [3.05, 3.63) is 48.8 Å². The number of fused-ring (bicyclic) bond motifs is 1. The van der Waals surface area contributed by atoms with E-state index in [2.05, 4.69) is 25.5 Å². The van der Waals surface area contributed by atoms with Crippen molar-refractivity contribution in [3.63, 3.8) is 0 Å². The van der Waals surface area contributed by atoms with Crippen molar-refractivity contribution < 1.29 is 4.79 Å². The third-order valence-corrected chi connectivity index (χ3v) is 4.06. The summed E-state index contributed by atoms with van der Waals surface area (Å²) in [5.41, 5.74) is 1.53. The number of anilines is 2. The summed E-state index contributed by atoms with van der Waals surface area (Å²) in [5, 5.41) is 15.2. The van der Waals surface area contributed by atoms with Gasteiger partial charge in [-0.1, -0.05) is 18.2 Å². The Morgan fingerprint density at radius 1 is 1.00 bits per heavy atom. The van der Waals surface area contributed by atoms with Gasteiger partial charge in [0.2, 0.25) is 0 Å². The number of amides is 2. The number of hydrogen-bond donors (Lipinski definition) is 1. The Morgan fingerprint density at radius 3 is 2.58 bits per heavy atom. The molecule has 0 aliphatic carbocycles. The number of piperazine rings is 1. The van der Waals surface area contributed by atoms with Gasteiger partial charge in [-0.05, 0) is 24.3 Å². The highest BCUT2D eigenvalue weighted by Crippen LogP contribution is 2.15. The summed E-state index contributed by atoms with van der Waals surface area (Å²) in [5.74, 6) is 0.866. The van der Waals surface area contributed by atoms with Crippen molar-refractivity contribution in [2.45, 2.75) is 0 Å². The molecule has 24 heavy (non-hydrogen) atoms. The van der Waals surface area contributed by atoms with Crippen LogP contribution in [-0.4, -0.2) is 56.9 Å². The van der Waals surface area contributed by atoms with E-state index in [1.165, 1.54) is 0 Å². The monoisotopic (exact) mass is 323 g/mol. The molecule has 8 heteroatoms. The van der Waals surface area contributed by atoms with Crippen LogP contribution in [0.1, 0.15) is 0 Å². The quantitative estimate of drug-likeness (QED) is 0.773. The molecule has 1 aliphatic rings. The van der Waals surface area contributed by atoms with E-state index < -0.39 is 0 Å². The summed E-state index contributed by atoms with van der Waals surface area (Å²) in [7, 11) is 0. The molecular weight excluding hydrogens is 306 g/mol. The maximum atomic E-state index is 12.3. The molecule has 122 valence electrons. The lowest BCUT2D eigenvalue weighted by Gasteiger charge is -2.35. The molecule has 8 nitrogen and oxygen atoms in total. The number of para-hydroxylation sites is 1. The molecule has 0 atom stereocenters. The number of carbonyl (C=O) groups excluding carboxylic acids is 1. The predicted molar refractivity (Wildman–Crippen MR) is 90.0 cm³/mol. The molecule has 3 heterocycles. The number of nitrogens with zero attached hydrogens (tertiary/aromatic N) is 6. The van der Waals surface area contributed by atoms with Crippen LogP contribution in [0.15, 0.2) is 48.8 Å². The van der Waals surface area contributed by atoms with E-state index in [4.69, 9.17) is 0 Å². The van der Waals surface area contributed by atoms with Crippen molar-refractivity contribution in [2.24, 2.45) is 0 Å². The number of urea groups is 1. The van der Waals surface area contributed by atoms with Crippen LogP contribution in [0.4, 0.5) is 16.3 Å². The molecule has 2 aromatic heterocycles. The number of carbonyl (C=O) groups is 1. The Morgan fingerprint density at radius 2 is 1.79 bits per heavy atom. The zero-order valence-corrected chi connectivity index (χ0v) is 13.0. The third kappa shape index (κ3) is 2.85. The normalized spacial score (nSPS) is 14.8. The first-order valence-electron chi connectivity index (χ1n) is 7.82. The van der Waals surface area contributed by atoms with E-state index >= 15 is 0 Å². The van der Waals surface area contributed by atoms with Crippen LogP contribution < -0.4 is 10.2 Å². The smallest absolute Gasteiger partial charge is 0.321 e. The highest BCUT2D eigenvalue weighted by Gasteiger charge is 2.22. The van der Waals surface area contributed by atoms with Gasteiger partial charge in [0.1, 0.15) is 12.1 Å². The number of hydrogen-bond acceptors (Lipinski definition) is 5. The van der Waals surface area contributed by atoms with Crippen LogP contribution in [0, 0.1) is 0 Å².